The van der Waals surface area contributed by atoms with Gasteiger partial charge in [-0.2, -0.15) is 0 Å². The zero-order valence-corrected chi connectivity index (χ0v) is 13.4. The molecule has 3 rings (SSSR count). The molecule has 2 unspecified atom stereocenters. The monoisotopic (exact) mass is 305 g/mol. The fourth-order valence-corrected chi connectivity index (χ4v) is 3.13. The largest absolute Gasteiger partial charge is 0.328 e. The van der Waals surface area contributed by atoms with E-state index < -0.39 is 0 Å². The third kappa shape index (κ3) is 3.94. The lowest BCUT2D eigenvalue weighted by molar-refractivity contribution is 0.154. The summed E-state index contributed by atoms with van der Waals surface area (Å²) in [5, 5.41) is 1.23. The van der Waals surface area contributed by atoms with Gasteiger partial charge in [-0.1, -0.05) is 18.2 Å². The normalized spacial score (nSPS) is 21.0. The minimum absolute atomic E-state index is 0. The molecule has 2 atom stereocenters. The molecule has 0 spiro atoms. The van der Waals surface area contributed by atoms with Crippen molar-refractivity contribution in [3.8, 4) is 0 Å². The second-order valence-corrected chi connectivity index (χ2v) is 6.03. The minimum atomic E-state index is 0. The van der Waals surface area contributed by atoms with E-state index in [2.05, 4.69) is 41.1 Å². The molecule has 1 aliphatic heterocycles. The second-order valence-electron chi connectivity index (χ2n) is 6.03. The Morgan fingerprint density at radius 2 is 2.19 bits per heavy atom. The number of pyridine rings is 1. The third-order valence-corrected chi connectivity index (χ3v) is 4.34. The van der Waals surface area contributed by atoms with E-state index in [0.29, 0.717) is 12.0 Å². The van der Waals surface area contributed by atoms with Crippen LogP contribution in [0.5, 0.6) is 0 Å². The van der Waals surface area contributed by atoms with E-state index in [1.807, 2.05) is 12.3 Å². The van der Waals surface area contributed by atoms with Gasteiger partial charge in [-0.25, -0.2) is 0 Å². The highest BCUT2D eigenvalue weighted by Gasteiger charge is 2.22. The number of nitrogens with zero attached hydrogens (tertiary/aromatic N) is 2. The average Bonchev–Trinajstić information content (AvgIpc) is 2.47. The van der Waals surface area contributed by atoms with Crippen molar-refractivity contribution in [2.75, 3.05) is 13.1 Å². The predicted molar refractivity (Wildman–Crippen MR) is 90.6 cm³/mol. The van der Waals surface area contributed by atoms with Crippen LogP contribution in [-0.4, -0.2) is 29.0 Å². The summed E-state index contributed by atoms with van der Waals surface area (Å²) in [6, 6.07) is 10.9. The summed E-state index contributed by atoms with van der Waals surface area (Å²) in [5.41, 5.74) is 8.43. The van der Waals surface area contributed by atoms with Crippen LogP contribution in [0.4, 0.5) is 0 Å². The minimum Gasteiger partial charge on any atom is -0.328 e. The van der Waals surface area contributed by atoms with Gasteiger partial charge in [0.2, 0.25) is 0 Å². The Morgan fingerprint density at radius 1 is 1.38 bits per heavy atom. The third-order valence-electron chi connectivity index (χ3n) is 4.34. The quantitative estimate of drug-likeness (QED) is 0.947. The molecule has 0 amide bonds. The zero-order chi connectivity index (χ0) is 13.9. The highest BCUT2D eigenvalue weighted by molar-refractivity contribution is 5.85. The summed E-state index contributed by atoms with van der Waals surface area (Å²) in [6.45, 7) is 5.41. The molecule has 0 saturated carbocycles. The fourth-order valence-electron chi connectivity index (χ4n) is 3.13. The maximum Gasteiger partial charge on any atom is 0.0702 e. The Hall–Kier alpha value is -1.16. The van der Waals surface area contributed by atoms with Gasteiger partial charge in [-0.05, 0) is 49.9 Å². The van der Waals surface area contributed by atoms with Crippen LogP contribution in [0.1, 0.15) is 25.3 Å². The molecule has 2 aromatic rings. The van der Waals surface area contributed by atoms with E-state index in [0.717, 1.165) is 18.6 Å². The van der Waals surface area contributed by atoms with Crippen LogP contribution < -0.4 is 5.73 Å². The van der Waals surface area contributed by atoms with E-state index in [1.54, 1.807) is 0 Å². The van der Waals surface area contributed by atoms with Crippen LogP contribution in [0.3, 0.4) is 0 Å². The standard InChI is InChI=1S/C17H23N3.ClH/c1-13(18)16-6-4-8-20(12-16)11-14-9-15-5-2-3-7-17(15)19-10-14;/h2-3,5,7,9-10,13,16H,4,6,8,11-12,18H2,1H3;1H. The Morgan fingerprint density at radius 3 is 3.00 bits per heavy atom. The predicted octanol–water partition coefficient (Wildman–Crippen LogP) is 3.22. The first-order valence-corrected chi connectivity index (χ1v) is 7.54. The lowest BCUT2D eigenvalue weighted by Crippen LogP contribution is -2.41. The van der Waals surface area contributed by atoms with E-state index in [-0.39, 0.29) is 12.4 Å². The summed E-state index contributed by atoms with van der Waals surface area (Å²) >= 11 is 0. The molecule has 1 aliphatic rings. The summed E-state index contributed by atoms with van der Waals surface area (Å²) in [4.78, 5) is 7.07. The SMILES string of the molecule is CC(N)C1CCCN(Cc2cnc3ccccc3c2)C1.Cl. The molecule has 4 heteroatoms. The number of hydrogen-bond donors (Lipinski definition) is 1. The van der Waals surface area contributed by atoms with Crippen molar-refractivity contribution < 1.29 is 0 Å². The number of benzene rings is 1. The van der Waals surface area contributed by atoms with Crippen molar-refractivity contribution in [3.05, 3.63) is 42.1 Å². The molecule has 1 fully saturated rings. The molecule has 0 aliphatic carbocycles. The number of aromatic nitrogens is 1. The van der Waals surface area contributed by atoms with Crippen LogP contribution in [-0.2, 0) is 6.54 Å². The zero-order valence-electron chi connectivity index (χ0n) is 12.5. The smallest absolute Gasteiger partial charge is 0.0702 e. The lowest BCUT2D eigenvalue weighted by atomic mass is 9.92. The van der Waals surface area contributed by atoms with Gasteiger partial charge in [-0.3, -0.25) is 9.88 Å². The molecular formula is C17H24ClN3. The summed E-state index contributed by atoms with van der Waals surface area (Å²) < 4.78 is 0. The van der Waals surface area contributed by atoms with Crippen LogP contribution in [0, 0.1) is 5.92 Å². The number of likely N-dealkylation sites (tertiary alicyclic amines) is 1. The van der Waals surface area contributed by atoms with E-state index in [4.69, 9.17) is 5.73 Å². The van der Waals surface area contributed by atoms with Crippen molar-refractivity contribution in [1.82, 2.24) is 9.88 Å². The van der Waals surface area contributed by atoms with Crippen molar-refractivity contribution >= 4 is 23.3 Å². The van der Waals surface area contributed by atoms with Gasteiger partial charge in [0.05, 0.1) is 5.52 Å². The molecule has 21 heavy (non-hydrogen) atoms. The molecule has 1 aromatic heterocycles. The Balaban J connectivity index is 0.00000161. The number of nitrogens with two attached hydrogens (primary N) is 1. The van der Waals surface area contributed by atoms with Crippen LogP contribution >= 0.6 is 12.4 Å². The van der Waals surface area contributed by atoms with E-state index in [9.17, 15) is 0 Å². The molecule has 1 saturated heterocycles. The molecule has 2 heterocycles. The van der Waals surface area contributed by atoms with Crippen LogP contribution in [0.15, 0.2) is 36.5 Å². The second kappa shape index (κ2) is 7.21. The Kier molecular flexibility index (Phi) is 5.57. The number of para-hydroxylation sites is 1. The molecule has 114 valence electrons. The van der Waals surface area contributed by atoms with Crippen molar-refractivity contribution in [2.45, 2.75) is 32.4 Å². The molecular weight excluding hydrogens is 282 g/mol. The van der Waals surface area contributed by atoms with Crippen molar-refractivity contribution in [1.29, 1.82) is 0 Å². The lowest BCUT2D eigenvalue weighted by Gasteiger charge is -2.34. The number of rotatable bonds is 3. The molecule has 3 nitrogen and oxygen atoms in total. The number of fused-ring (bicyclic) bond motifs is 1. The van der Waals surface area contributed by atoms with Gasteiger partial charge in [-0.15, -0.1) is 12.4 Å². The number of halogens is 1. The first-order valence-electron chi connectivity index (χ1n) is 7.54. The number of hydrogen-bond acceptors (Lipinski definition) is 3. The molecule has 1 aromatic carbocycles. The van der Waals surface area contributed by atoms with Gasteiger partial charge < -0.3 is 5.73 Å². The summed E-state index contributed by atoms with van der Waals surface area (Å²) in [6.07, 6.45) is 4.54. The van der Waals surface area contributed by atoms with E-state index >= 15 is 0 Å². The average molecular weight is 306 g/mol. The van der Waals surface area contributed by atoms with Gasteiger partial charge >= 0.3 is 0 Å². The summed E-state index contributed by atoms with van der Waals surface area (Å²) in [7, 11) is 0. The van der Waals surface area contributed by atoms with Crippen molar-refractivity contribution in [3.63, 3.8) is 0 Å². The van der Waals surface area contributed by atoms with E-state index in [1.165, 1.54) is 30.3 Å². The maximum absolute atomic E-state index is 6.06. The van der Waals surface area contributed by atoms with Gasteiger partial charge in [0.1, 0.15) is 0 Å². The van der Waals surface area contributed by atoms with Gasteiger partial charge in [0, 0.05) is 30.7 Å². The highest BCUT2D eigenvalue weighted by Crippen LogP contribution is 2.21. The summed E-state index contributed by atoms with van der Waals surface area (Å²) in [5.74, 6) is 0.636. The maximum atomic E-state index is 6.06. The molecule has 0 radical (unpaired) electrons. The fraction of sp³-hybridized carbons (Fsp3) is 0.471. The highest BCUT2D eigenvalue weighted by atomic mass is 35.5. The van der Waals surface area contributed by atoms with Crippen LogP contribution in [0.2, 0.25) is 0 Å². The van der Waals surface area contributed by atoms with Crippen LogP contribution in [0.25, 0.3) is 10.9 Å². The van der Waals surface area contributed by atoms with Crippen molar-refractivity contribution in [2.24, 2.45) is 11.7 Å². The first-order chi connectivity index (χ1) is 9.72. The molecule has 2 N–H and O–H groups in total. The first kappa shape index (κ1) is 16.2. The molecule has 0 bridgehead atoms. The Labute approximate surface area is 132 Å². The van der Waals surface area contributed by atoms with Gasteiger partial charge in [0.15, 0.2) is 0 Å². The van der Waals surface area contributed by atoms with Gasteiger partial charge in [0.25, 0.3) is 0 Å². The number of piperidine rings is 1. The topological polar surface area (TPSA) is 42.1 Å². The Bertz CT molecular complexity index is 585.